The number of amides is 1. The Morgan fingerprint density at radius 2 is 1.90 bits per heavy atom. The molecular formula is C37H28F2N6O3S. The molecule has 2 N–H and O–H groups in total. The molecule has 2 saturated heterocycles. The molecule has 6 aromatic rings. The highest BCUT2D eigenvalue weighted by Gasteiger charge is 2.65. The molecule has 1 spiro atoms. The highest BCUT2D eigenvalue weighted by molar-refractivity contribution is 7.23. The van der Waals surface area contributed by atoms with Gasteiger partial charge in [-0.3, -0.25) is 9.78 Å². The maximum atomic E-state index is 14.6. The predicted molar refractivity (Wildman–Crippen MR) is 179 cm³/mol. The molecule has 3 aliphatic heterocycles. The SMILES string of the molecule is O=C1c2c(nc(CCc3ccc(F)cc3)c(-c3n[nH]c(=O)o3)c2-c2cc3ccnc(NC4CCc5c(F)cccc54)c3s2)C23CC(CN12)C3. The third kappa shape index (κ3) is 4.22. The van der Waals surface area contributed by atoms with Gasteiger partial charge in [0.25, 0.3) is 11.8 Å². The smallest absolute Gasteiger partial charge is 0.388 e. The van der Waals surface area contributed by atoms with Crippen LogP contribution in [0.1, 0.15) is 63.7 Å². The van der Waals surface area contributed by atoms with E-state index in [1.165, 1.54) is 29.5 Å². The Labute approximate surface area is 282 Å². The summed E-state index contributed by atoms with van der Waals surface area (Å²) in [6.45, 7) is 0.695. The van der Waals surface area contributed by atoms with Gasteiger partial charge in [0, 0.05) is 23.2 Å². The summed E-state index contributed by atoms with van der Waals surface area (Å²) in [6, 6.07) is 15.5. The number of halogens is 2. The molecule has 0 radical (unpaired) electrons. The van der Waals surface area contributed by atoms with Crippen molar-refractivity contribution in [1.29, 1.82) is 0 Å². The molecule has 1 unspecified atom stereocenters. The first-order valence-electron chi connectivity index (χ1n) is 16.5. The highest BCUT2D eigenvalue weighted by Crippen LogP contribution is 2.63. The van der Waals surface area contributed by atoms with Crippen molar-refractivity contribution in [3.8, 4) is 21.9 Å². The molecule has 12 heteroatoms. The van der Waals surface area contributed by atoms with Crippen molar-refractivity contribution >= 4 is 33.1 Å². The minimum atomic E-state index is -0.710. The lowest BCUT2D eigenvalue weighted by atomic mass is 9.71. The number of H-pyrrole nitrogens is 1. The van der Waals surface area contributed by atoms with E-state index in [9.17, 15) is 18.4 Å². The van der Waals surface area contributed by atoms with Crippen molar-refractivity contribution in [3.63, 3.8) is 0 Å². The van der Waals surface area contributed by atoms with Gasteiger partial charge in [-0.25, -0.2) is 23.7 Å². The standard InChI is InChI=1S/C37H28F2N6O3S/c38-21-7-4-18(5-8-21)6-10-26-28(34-43-44-36(47)48-34)29(30-32(41-26)37-15-19(16-37)17-45(37)35(30)46)27-14-20-12-13-40-33(31(20)49-27)42-25-11-9-22-23(25)2-1-3-24(22)39/h1-5,7-8,12-14,19,25H,6,9-11,15-17H2,(H,40,42)(H,44,47). The van der Waals surface area contributed by atoms with Gasteiger partial charge in [-0.1, -0.05) is 24.3 Å². The van der Waals surface area contributed by atoms with Crippen LogP contribution < -0.4 is 11.1 Å². The second kappa shape index (κ2) is 10.4. The number of pyridine rings is 2. The zero-order valence-corrected chi connectivity index (χ0v) is 26.9. The molecule has 1 amide bonds. The summed E-state index contributed by atoms with van der Waals surface area (Å²) in [6.07, 6.45) is 5.89. The van der Waals surface area contributed by atoms with E-state index in [1.807, 2.05) is 23.1 Å². The molecule has 2 aromatic carbocycles. The fourth-order valence-corrected chi connectivity index (χ4v) is 9.78. The van der Waals surface area contributed by atoms with Crippen LogP contribution in [0.2, 0.25) is 0 Å². The monoisotopic (exact) mass is 674 g/mol. The zero-order valence-electron chi connectivity index (χ0n) is 26.1. The Morgan fingerprint density at radius 1 is 1.04 bits per heavy atom. The highest BCUT2D eigenvalue weighted by atomic mass is 32.1. The number of rotatable bonds is 7. The number of hydrogen-bond donors (Lipinski definition) is 2. The quantitative estimate of drug-likeness (QED) is 0.189. The number of hydrogen-bond acceptors (Lipinski definition) is 8. The van der Waals surface area contributed by atoms with Crippen molar-refractivity contribution in [2.75, 3.05) is 11.9 Å². The number of fused-ring (bicyclic) bond motifs is 3. The molecule has 11 rings (SSSR count). The number of benzene rings is 2. The van der Waals surface area contributed by atoms with E-state index in [0.29, 0.717) is 59.9 Å². The fourth-order valence-electron chi connectivity index (χ4n) is 8.61. The minimum Gasteiger partial charge on any atom is -0.388 e. The lowest BCUT2D eigenvalue weighted by molar-refractivity contribution is 0.0637. The van der Waals surface area contributed by atoms with Gasteiger partial charge in [-0.05, 0) is 96.9 Å². The van der Waals surface area contributed by atoms with E-state index in [-0.39, 0.29) is 29.5 Å². The van der Waals surface area contributed by atoms with Crippen LogP contribution in [0.25, 0.3) is 32.0 Å². The van der Waals surface area contributed by atoms with E-state index >= 15 is 0 Å². The summed E-state index contributed by atoms with van der Waals surface area (Å²) in [5, 5.41) is 11.2. The fraction of sp³-hybridized carbons (Fsp3) is 0.270. The van der Waals surface area contributed by atoms with Crippen LogP contribution >= 0.6 is 11.3 Å². The van der Waals surface area contributed by atoms with Crippen molar-refractivity contribution in [2.24, 2.45) is 5.92 Å². The van der Waals surface area contributed by atoms with Gasteiger partial charge in [0.2, 0.25) is 0 Å². The van der Waals surface area contributed by atoms with E-state index in [2.05, 4.69) is 15.5 Å². The van der Waals surface area contributed by atoms with Crippen LogP contribution in [-0.4, -0.2) is 37.5 Å². The largest absolute Gasteiger partial charge is 0.434 e. The van der Waals surface area contributed by atoms with Gasteiger partial charge in [0.05, 0.1) is 38.8 Å². The molecule has 2 bridgehead atoms. The number of nitrogens with one attached hydrogen (secondary N) is 2. The van der Waals surface area contributed by atoms with E-state index < -0.39 is 11.3 Å². The molecule has 2 aliphatic carbocycles. The minimum absolute atomic E-state index is 0.0618. The normalized spacial score (nSPS) is 21.6. The number of carbonyl (C=O) groups is 1. The number of anilines is 1. The van der Waals surface area contributed by atoms with Crippen molar-refractivity contribution in [2.45, 2.75) is 50.1 Å². The van der Waals surface area contributed by atoms with E-state index in [4.69, 9.17) is 14.4 Å². The molecule has 1 saturated carbocycles. The van der Waals surface area contributed by atoms with Crippen molar-refractivity contribution < 1.29 is 18.0 Å². The third-order valence-electron chi connectivity index (χ3n) is 10.8. The molecule has 7 heterocycles. The van der Waals surface area contributed by atoms with Crippen LogP contribution in [0.15, 0.2) is 70.0 Å². The zero-order chi connectivity index (χ0) is 33.0. The van der Waals surface area contributed by atoms with Crippen LogP contribution in [-0.2, 0) is 24.8 Å². The summed E-state index contributed by atoms with van der Waals surface area (Å²) in [5.41, 5.74) is 5.27. The average molecular weight is 675 g/mol. The van der Waals surface area contributed by atoms with Gasteiger partial charge < -0.3 is 14.6 Å². The first-order valence-corrected chi connectivity index (χ1v) is 17.3. The Bertz CT molecular complexity index is 2410. The predicted octanol–water partition coefficient (Wildman–Crippen LogP) is 6.94. The van der Waals surface area contributed by atoms with Crippen LogP contribution in [0.4, 0.5) is 14.6 Å². The summed E-state index contributed by atoms with van der Waals surface area (Å²) in [4.78, 5) is 39.4. The second-order valence-corrected chi connectivity index (χ2v) is 14.6. The third-order valence-corrected chi connectivity index (χ3v) is 12.0. The Kier molecular flexibility index (Phi) is 6.09. The number of carbonyl (C=O) groups excluding carboxylic acids is 1. The molecule has 49 heavy (non-hydrogen) atoms. The molecule has 244 valence electrons. The van der Waals surface area contributed by atoms with E-state index in [0.717, 1.165) is 56.6 Å². The Morgan fingerprint density at radius 3 is 2.71 bits per heavy atom. The molecule has 9 nitrogen and oxygen atoms in total. The van der Waals surface area contributed by atoms with Crippen LogP contribution in [0, 0.1) is 17.6 Å². The molecule has 4 aromatic heterocycles. The average Bonchev–Trinajstić information content (AvgIpc) is 3.93. The Hall–Kier alpha value is -5.23. The molecule has 3 fully saturated rings. The maximum absolute atomic E-state index is 14.6. The molecule has 5 aliphatic rings. The lowest BCUT2D eigenvalue weighted by Gasteiger charge is -2.37. The number of aromatic nitrogens is 4. The lowest BCUT2D eigenvalue weighted by Crippen LogP contribution is -2.40. The number of aryl methyl sites for hydroxylation is 2. The van der Waals surface area contributed by atoms with E-state index in [1.54, 1.807) is 24.4 Å². The van der Waals surface area contributed by atoms with Gasteiger partial charge in [-0.2, -0.15) is 0 Å². The van der Waals surface area contributed by atoms with Gasteiger partial charge in [0.1, 0.15) is 17.5 Å². The van der Waals surface area contributed by atoms with Gasteiger partial charge in [-0.15, -0.1) is 16.4 Å². The summed E-state index contributed by atoms with van der Waals surface area (Å²) >= 11 is 1.50. The first-order chi connectivity index (χ1) is 23.9. The molecular weight excluding hydrogens is 647 g/mol. The summed E-state index contributed by atoms with van der Waals surface area (Å²) < 4.78 is 34.8. The summed E-state index contributed by atoms with van der Waals surface area (Å²) in [7, 11) is 0. The number of nitrogens with zero attached hydrogens (tertiary/aromatic N) is 4. The first kappa shape index (κ1) is 28.8. The number of aromatic amines is 1. The second-order valence-electron chi connectivity index (χ2n) is 13.5. The van der Waals surface area contributed by atoms with Crippen molar-refractivity contribution in [1.82, 2.24) is 25.1 Å². The van der Waals surface area contributed by atoms with Gasteiger partial charge in [0.15, 0.2) is 0 Å². The summed E-state index contributed by atoms with van der Waals surface area (Å²) in [5.74, 6) is -0.0686. The maximum Gasteiger partial charge on any atom is 0.434 e. The Balaban J connectivity index is 1.16. The topological polar surface area (TPSA) is 117 Å². The van der Waals surface area contributed by atoms with Crippen LogP contribution in [0.5, 0.6) is 0 Å². The molecule has 1 atom stereocenters. The van der Waals surface area contributed by atoms with Crippen molar-refractivity contribution in [3.05, 3.63) is 117 Å². The number of thiophene rings is 1. The van der Waals surface area contributed by atoms with Gasteiger partial charge >= 0.3 is 5.76 Å². The van der Waals surface area contributed by atoms with Crippen LogP contribution in [0.3, 0.4) is 0 Å².